The van der Waals surface area contributed by atoms with Gasteiger partial charge in [0.05, 0.1) is 22.5 Å². The van der Waals surface area contributed by atoms with Gasteiger partial charge in [-0.15, -0.1) is 0 Å². The minimum Gasteiger partial charge on any atom is -0.390 e. The summed E-state index contributed by atoms with van der Waals surface area (Å²) in [5.41, 5.74) is 3.14. The van der Waals surface area contributed by atoms with Crippen molar-refractivity contribution in [3.63, 3.8) is 0 Å². The van der Waals surface area contributed by atoms with Crippen molar-refractivity contribution in [2.45, 2.75) is 13.5 Å². The van der Waals surface area contributed by atoms with Gasteiger partial charge in [0.25, 0.3) is 0 Å². The Hall–Kier alpha value is -1.39. The monoisotopic (exact) mass is 218 g/mol. The number of hydrogen-bond donors (Lipinski definition) is 1. The summed E-state index contributed by atoms with van der Waals surface area (Å²) >= 11 is 1.65. The number of aromatic nitrogens is 2. The van der Waals surface area contributed by atoms with Crippen molar-refractivity contribution in [2.24, 2.45) is 0 Å². The number of nitrogens with zero attached hydrogens (tertiary/aromatic N) is 2. The second-order valence-corrected chi connectivity index (χ2v) is 4.63. The summed E-state index contributed by atoms with van der Waals surface area (Å²) in [6, 6.07) is 6.34. The smallest absolute Gasteiger partial charge is 0.195 e. The van der Waals surface area contributed by atoms with E-state index in [2.05, 4.69) is 30.1 Å². The number of aliphatic hydroxyl groups is 1. The van der Waals surface area contributed by atoms with Crippen molar-refractivity contribution < 1.29 is 5.11 Å². The van der Waals surface area contributed by atoms with Crippen LogP contribution in [-0.2, 0) is 6.61 Å². The molecule has 3 aromatic rings. The zero-order valence-corrected chi connectivity index (χ0v) is 9.08. The first-order valence-electron chi connectivity index (χ1n) is 4.76. The predicted molar refractivity (Wildman–Crippen MR) is 61.2 cm³/mol. The lowest BCUT2D eigenvalue weighted by Crippen LogP contribution is -1.80. The van der Waals surface area contributed by atoms with Crippen LogP contribution in [0.5, 0.6) is 0 Å². The van der Waals surface area contributed by atoms with Gasteiger partial charge in [0.2, 0.25) is 0 Å². The number of fused-ring (bicyclic) bond motifs is 3. The molecule has 0 spiro atoms. The lowest BCUT2D eigenvalue weighted by Gasteiger charge is -1.92. The first kappa shape index (κ1) is 8.88. The van der Waals surface area contributed by atoms with Crippen molar-refractivity contribution in [1.29, 1.82) is 0 Å². The third-order valence-electron chi connectivity index (χ3n) is 2.46. The molecule has 3 nitrogen and oxygen atoms in total. The Morgan fingerprint density at radius 3 is 3.13 bits per heavy atom. The number of aliphatic hydroxyl groups excluding tert-OH is 1. The Labute approximate surface area is 90.6 Å². The number of imidazole rings is 1. The van der Waals surface area contributed by atoms with Gasteiger partial charge in [-0.2, -0.15) is 0 Å². The minimum atomic E-state index is 0.00174. The molecule has 0 aliphatic carbocycles. The zero-order valence-electron chi connectivity index (χ0n) is 8.27. The summed E-state index contributed by atoms with van der Waals surface area (Å²) in [7, 11) is 0. The Morgan fingerprint density at radius 2 is 2.33 bits per heavy atom. The van der Waals surface area contributed by atoms with E-state index in [1.807, 2.05) is 10.6 Å². The van der Waals surface area contributed by atoms with E-state index < -0.39 is 0 Å². The molecule has 2 heterocycles. The van der Waals surface area contributed by atoms with Gasteiger partial charge in [0.1, 0.15) is 0 Å². The van der Waals surface area contributed by atoms with Crippen LogP contribution in [0.25, 0.3) is 15.2 Å². The normalized spacial score (nSPS) is 11.6. The molecule has 0 amide bonds. The molecule has 1 N–H and O–H groups in total. The quantitative estimate of drug-likeness (QED) is 0.680. The summed E-state index contributed by atoms with van der Waals surface area (Å²) in [4.78, 5) is 5.27. The van der Waals surface area contributed by atoms with Crippen molar-refractivity contribution >= 4 is 26.5 Å². The molecule has 1 aromatic carbocycles. The summed E-state index contributed by atoms with van der Waals surface area (Å²) in [6.07, 6.45) is 1.89. The van der Waals surface area contributed by atoms with Gasteiger partial charge in [-0.3, -0.25) is 4.40 Å². The third kappa shape index (κ3) is 1.26. The van der Waals surface area contributed by atoms with Gasteiger partial charge in [0.15, 0.2) is 4.96 Å². The molecule has 0 saturated heterocycles. The van der Waals surface area contributed by atoms with E-state index in [0.717, 1.165) is 16.2 Å². The van der Waals surface area contributed by atoms with Crippen LogP contribution >= 0.6 is 11.3 Å². The van der Waals surface area contributed by atoms with Crippen LogP contribution in [0.15, 0.2) is 24.4 Å². The number of benzene rings is 1. The molecule has 3 rings (SSSR count). The predicted octanol–water partition coefficient (Wildman–Crippen LogP) is 2.35. The molecule has 0 atom stereocenters. The van der Waals surface area contributed by atoms with E-state index in [1.165, 1.54) is 10.3 Å². The Morgan fingerprint density at radius 1 is 1.47 bits per heavy atom. The number of thiazole rings is 1. The molecule has 15 heavy (non-hydrogen) atoms. The molecular formula is C11H10N2OS. The summed E-state index contributed by atoms with van der Waals surface area (Å²) in [6.45, 7) is 2.09. The number of hydrogen-bond acceptors (Lipinski definition) is 3. The van der Waals surface area contributed by atoms with Gasteiger partial charge in [0, 0.05) is 6.20 Å². The highest BCUT2D eigenvalue weighted by atomic mass is 32.1. The fraction of sp³-hybridized carbons (Fsp3) is 0.182. The van der Waals surface area contributed by atoms with E-state index in [0.29, 0.717) is 0 Å². The van der Waals surface area contributed by atoms with Crippen molar-refractivity contribution in [3.05, 3.63) is 35.7 Å². The molecule has 76 valence electrons. The van der Waals surface area contributed by atoms with E-state index in [4.69, 9.17) is 5.11 Å². The highest BCUT2D eigenvalue weighted by Crippen LogP contribution is 2.27. The van der Waals surface area contributed by atoms with E-state index in [1.54, 1.807) is 11.3 Å². The highest BCUT2D eigenvalue weighted by molar-refractivity contribution is 7.23. The standard InChI is InChI=1S/C11H10N2OS/c1-7-2-3-9-10(4-7)15-11-12-8(6-14)5-13(9)11/h2-5,14H,6H2,1H3. The maximum atomic E-state index is 9.00. The van der Waals surface area contributed by atoms with Crippen LogP contribution in [0.2, 0.25) is 0 Å². The van der Waals surface area contributed by atoms with Crippen molar-refractivity contribution in [2.75, 3.05) is 0 Å². The number of rotatable bonds is 1. The zero-order chi connectivity index (χ0) is 10.4. The largest absolute Gasteiger partial charge is 0.390 e. The Kier molecular flexibility index (Phi) is 1.81. The number of aryl methyl sites for hydroxylation is 1. The molecule has 0 unspecified atom stereocenters. The molecule has 0 radical (unpaired) electrons. The molecule has 0 aliphatic heterocycles. The average molecular weight is 218 g/mol. The van der Waals surface area contributed by atoms with E-state index in [9.17, 15) is 0 Å². The topological polar surface area (TPSA) is 37.5 Å². The van der Waals surface area contributed by atoms with Crippen LogP contribution < -0.4 is 0 Å². The molecule has 0 fully saturated rings. The van der Waals surface area contributed by atoms with Crippen LogP contribution in [0.3, 0.4) is 0 Å². The molecule has 0 aliphatic rings. The van der Waals surface area contributed by atoms with Gasteiger partial charge in [-0.1, -0.05) is 17.4 Å². The maximum Gasteiger partial charge on any atom is 0.195 e. The third-order valence-corrected chi connectivity index (χ3v) is 3.48. The summed E-state index contributed by atoms with van der Waals surface area (Å²) in [5.74, 6) is 0. The van der Waals surface area contributed by atoms with Gasteiger partial charge < -0.3 is 5.11 Å². The van der Waals surface area contributed by atoms with E-state index >= 15 is 0 Å². The Balaban J connectivity index is 2.40. The van der Waals surface area contributed by atoms with Crippen LogP contribution in [-0.4, -0.2) is 14.5 Å². The SMILES string of the molecule is Cc1ccc2c(c1)sc1nc(CO)cn12. The maximum absolute atomic E-state index is 9.00. The average Bonchev–Trinajstić information content (AvgIpc) is 2.73. The highest BCUT2D eigenvalue weighted by Gasteiger charge is 2.07. The second-order valence-electron chi connectivity index (χ2n) is 3.62. The Bertz CT molecular complexity index is 638. The fourth-order valence-corrected chi connectivity index (χ4v) is 2.86. The first-order valence-corrected chi connectivity index (χ1v) is 5.57. The first-order chi connectivity index (χ1) is 7.28. The van der Waals surface area contributed by atoms with Crippen molar-refractivity contribution in [3.8, 4) is 0 Å². The summed E-state index contributed by atoms with van der Waals surface area (Å²) < 4.78 is 3.27. The minimum absolute atomic E-state index is 0.00174. The van der Waals surface area contributed by atoms with Crippen molar-refractivity contribution in [1.82, 2.24) is 9.38 Å². The molecular weight excluding hydrogens is 208 g/mol. The summed E-state index contributed by atoms with van der Waals surface area (Å²) in [5, 5.41) is 9.00. The fourth-order valence-electron chi connectivity index (χ4n) is 1.73. The van der Waals surface area contributed by atoms with E-state index in [-0.39, 0.29) is 6.61 Å². The lowest BCUT2D eigenvalue weighted by molar-refractivity contribution is 0.277. The second kappa shape index (κ2) is 3.05. The lowest BCUT2D eigenvalue weighted by atomic mass is 10.2. The molecule has 4 heteroatoms. The van der Waals surface area contributed by atoms with Gasteiger partial charge >= 0.3 is 0 Å². The molecule has 0 saturated carbocycles. The van der Waals surface area contributed by atoms with Crippen LogP contribution in [0.1, 0.15) is 11.3 Å². The van der Waals surface area contributed by atoms with Gasteiger partial charge in [-0.05, 0) is 24.6 Å². The van der Waals surface area contributed by atoms with Gasteiger partial charge in [-0.25, -0.2) is 4.98 Å². The van der Waals surface area contributed by atoms with Crippen LogP contribution in [0, 0.1) is 6.92 Å². The van der Waals surface area contributed by atoms with Crippen LogP contribution in [0.4, 0.5) is 0 Å². The molecule has 2 aromatic heterocycles. The molecule has 0 bridgehead atoms.